The molecule has 0 saturated carbocycles. The molecular weight excluding hydrogens is 156 g/mol. The smallest absolute Gasteiger partial charge is 0.114 e. The van der Waals surface area contributed by atoms with Crippen LogP contribution >= 0.6 is 0 Å². The monoisotopic (exact) mass is 172 g/mol. The summed E-state index contributed by atoms with van der Waals surface area (Å²) in [4.78, 5) is 4.36. The summed E-state index contributed by atoms with van der Waals surface area (Å²) in [6, 6.07) is 0. The minimum absolute atomic E-state index is 0.246. The van der Waals surface area contributed by atoms with Crippen molar-refractivity contribution in [3.05, 3.63) is 11.4 Å². The SMILES string of the molecule is CC.Cc1[nH]nc(CON)c1N. The number of nitrogen functional groups attached to an aromatic ring is 1. The van der Waals surface area contributed by atoms with Gasteiger partial charge in [0.05, 0.1) is 11.4 Å². The van der Waals surface area contributed by atoms with Crippen LogP contribution in [0.1, 0.15) is 25.2 Å². The first-order valence-corrected chi connectivity index (χ1v) is 3.86. The number of nitrogens with one attached hydrogen (secondary N) is 1. The zero-order chi connectivity index (χ0) is 9.56. The van der Waals surface area contributed by atoms with E-state index >= 15 is 0 Å². The molecule has 0 aliphatic heterocycles. The fourth-order valence-corrected chi connectivity index (χ4v) is 0.677. The van der Waals surface area contributed by atoms with Crippen molar-refractivity contribution in [2.45, 2.75) is 27.4 Å². The first kappa shape index (κ1) is 10.9. The van der Waals surface area contributed by atoms with Gasteiger partial charge in [-0.25, -0.2) is 5.90 Å². The summed E-state index contributed by atoms with van der Waals surface area (Å²) >= 11 is 0. The lowest BCUT2D eigenvalue weighted by Crippen LogP contribution is -2.01. The zero-order valence-electron chi connectivity index (χ0n) is 7.72. The number of H-pyrrole nitrogens is 1. The molecule has 5 N–H and O–H groups in total. The van der Waals surface area contributed by atoms with Crippen LogP contribution in [0.2, 0.25) is 0 Å². The maximum absolute atomic E-state index is 5.56. The van der Waals surface area contributed by atoms with Gasteiger partial charge in [-0.05, 0) is 6.92 Å². The predicted molar refractivity (Wildman–Crippen MR) is 48.1 cm³/mol. The second-order valence-electron chi connectivity index (χ2n) is 2.02. The number of hydrogen-bond acceptors (Lipinski definition) is 4. The second-order valence-corrected chi connectivity index (χ2v) is 2.02. The number of aryl methyl sites for hydroxylation is 1. The van der Waals surface area contributed by atoms with E-state index < -0.39 is 0 Å². The Bertz CT molecular complexity index is 221. The van der Waals surface area contributed by atoms with Gasteiger partial charge in [0.25, 0.3) is 0 Å². The largest absolute Gasteiger partial charge is 0.396 e. The van der Waals surface area contributed by atoms with Crippen LogP contribution in [0, 0.1) is 6.92 Å². The molecule has 0 spiro atoms. The molecule has 0 aliphatic rings. The Morgan fingerprint density at radius 2 is 2.08 bits per heavy atom. The van der Waals surface area contributed by atoms with Crippen molar-refractivity contribution in [3.63, 3.8) is 0 Å². The molecule has 5 nitrogen and oxygen atoms in total. The van der Waals surface area contributed by atoms with Gasteiger partial charge in [-0.15, -0.1) is 0 Å². The molecule has 0 aliphatic carbocycles. The molecule has 1 rings (SSSR count). The van der Waals surface area contributed by atoms with E-state index in [2.05, 4.69) is 15.0 Å². The van der Waals surface area contributed by atoms with Crippen LogP contribution < -0.4 is 11.6 Å². The van der Waals surface area contributed by atoms with Crippen molar-refractivity contribution >= 4 is 5.69 Å². The molecule has 5 heteroatoms. The number of aromatic nitrogens is 2. The Kier molecular flexibility index (Phi) is 5.07. The highest BCUT2D eigenvalue weighted by atomic mass is 16.6. The molecular formula is C7H16N4O. The van der Waals surface area contributed by atoms with Crippen molar-refractivity contribution in [3.8, 4) is 0 Å². The van der Waals surface area contributed by atoms with Crippen molar-refractivity contribution in [1.82, 2.24) is 10.2 Å². The molecule has 1 aromatic heterocycles. The number of rotatable bonds is 2. The Balaban J connectivity index is 0.000000561. The molecule has 12 heavy (non-hydrogen) atoms. The van der Waals surface area contributed by atoms with Gasteiger partial charge in [-0.2, -0.15) is 5.10 Å². The van der Waals surface area contributed by atoms with E-state index in [1.54, 1.807) is 0 Å². The van der Waals surface area contributed by atoms with Crippen molar-refractivity contribution in [2.75, 3.05) is 5.73 Å². The Morgan fingerprint density at radius 1 is 1.50 bits per heavy atom. The maximum atomic E-state index is 5.56. The van der Waals surface area contributed by atoms with Crippen LogP contribution in [0.25, 0.3) is 0 Å². The number of hydrogen-bond donors (Lipinski definition) is 3. The van der Waals surface area contributed by atoms with Gasteiger partial charge < -0.3 is 5.73 Å². The molecule has 0 atom stereocenters. The molecule has 0 radical (unpaired) electrons. The van der Waals surface area contributed by atoms with E-state index in [9.17, 15) is 0 Å². The summed E-state index contributed by atoms with van der Waals surface area (Å²) in [6.45, 7) is 6.08. The average Bonchev–Trinajstić information content (AvgIpc) is 2.41. The van der Waals surface area contributed by atoms with Gasteiger partial charge in [-0.1, -0.05) is 13.8 Å². The number of anilines is 1. The normalized spacial score (nSPS) is 9.00. The lowest BCUT2D eigenvalue weighted by molar-refractivity contribution is 0.121. The lowest BCUT2D eigenvalue weighted by Gasteiger charge is -1.93. The minimum Gasteiger partial charge on any atom is -0.396 e. The highest BCUT2D eigenvalue weighted by molar-refractivity contribution is 5.46. The topological polar surface area (TPSA) is 89.9 Å². The third-order valence-corrected chi connectivity index (χ3v) is 1.29. The third kappa shape index (κ3) is 2.52. The van der Waals surface area contributed by atoms with Crippen LogP contribution in [-0.2, 0) is 11.4 Å². The lowest BCUT2D eigenvalue weighted by atomic mass is 10.3. The van der Waals surface area contributed by atoms with E-state index in [4.69, 9.17) is 11.6 Å². The van der Waals surface area contributed by atoms with Crippen LogP contribution in [0.4, 0.5) is 5.69 Å². The van der Waals surface area contributed by atoms with Crippen LogP contribution in [0.3, 0.4) is 0 Å². The average molecular weight is 172 g/mol. The molecule has 70 valence electrons. The van der Waals surface area contributed by atoms with Gasteiger partial charge in [0, 0.05) is 0 Å². The summed E-state index contributed by atoms with van der Waals surface area (Å²) < 4.78 is 0. The van der Waals surface area contributed by atoms with E-state index in [1.807, 2.05) is 20.8 Å². The van der Waals surface area contributed by atoms with Crippen LogP contribution in [0.5, 0.6) is 0 Å². The Morgan fingerprint density at radius 3 is 2.42 bits per heavy atom. The highest BCUT2D eigenvalue weighted by Gasteiger charge is 2.04. The van der Waals surface area contributed by atoms with Crippen molar-refractivity contribution < 1.29 is 4.84 Å². The highest BCUT2D eigenvalue weighted by Crippen LogP contribution is 2.11. The first-order valence-electron chi connectivity index (χ1n) is 3.86. The molecule has 0 amide bonds. The minimum atomic E-state index is 0.246. The van der Waals surface area contributed by atoms with E-state index in [-0.39, 0.29) is 6.61 Å². The molecule has 0 bridgehead atoms. The van der Waals surface area contributed by atoms with Gasteiger partial charge in [0.2, 0.25) is 0 Å². The van der Waals surface area contributed by atoms with Crippen LogP contribution in [-0.4, -0.2) is 10.2 Å². The zero-order valence-corrected chi connectivity index (χ0v) is 7.72. The molecule has 1 aromatic rings. The Labute approximate surface area is 72.0 Å². The Hall–Kier alpha value is -1.07. The quantitative estimate of drug-likeness (QED) is 0.573. The van der Waals surface area contributed by atoms with Crippen LogP contribution in [0.15, 0.2) is 0 Å². The van der Waals surface area contributed by atoms with E-state index in [0.29, 0.717) is 11.4 Å². The van der Waals surface area contributed by atoms with Gasteiger partial charge >= 0.3 is 0 Å². The fraction of sp³-hybridized carbons (Fsp3) is 0.571. The van der Waals surface area contributed by atoms with Crippen molar-refractivity contribution in [2.24, 2.45) is 5.90 Å². The van der Waals surface area contributed by atoms with Gasteiger partial charge in [-0.3, -0.25) is 9.94 Å². The number of nitrogens with two attached hydrogens (primary N) is 2. The second kappa shape index (κ2) is 5.56. The van der Waals surface area contributed by atoms with Gasteiger partial charge in [0.15, 0.2) is 0 Å². The van der Waals surface area contributed by atoms with E-state index in [0.717, 1.165) is 5.69 Å². The summed E-state index contributed by atoms with van der Waals surface area (Å²) in [5, 5.41) is 6.56. The summed E-state index contributed by atoms with van der Waals surface area (Å²) in [6.07, 6.45) is 0. The first-order chi connectivity index (χ1) is 5.75. The molecule has 0 fully saturated rings. The molecule has 0 unspecified atom stereocenters. The third-order valence-electron chi connectivity index (χ3n) is 1.29. The standard InChI is InChI=1S/C5H10N4O.C2H6/c1-3-5(6)4(2-10-7)9-8-3;1-2/h2,6-7H2,1H3,(H,8,9);1-2H3. The molecule has 1 heterocycles. The predicted octanol–water partition coefficient (Wildman–Crippen LogP) is 0.717. The number of nitrogens with zero attached hydrogens (tertiary/aromatic N) is 1. The van der Waals surface area contributed by atoms with Gasteiger partial charge in [0.1, 0.15) is 12.3 Å². The van der Waals surface area contributed by atoms with E-state index in [1.165, 1.54) is 0 Å². The molecule has 0 saturated heterocycles. The number of aromatic amines is 1. The maximum Gasteiger partial charge on any atom is 0.114 e. The summed E-state index contributed by atoms with van der Waals surface area (Å²) in [7, 11) is 0. The summed E-state index contributed by atoms with van der Waals surface area (Å²) in [5.74, 6) is 4.83. The van der Waals surface area contributed by atoms with Crippen molar-refractivity contribution in [1.29, 1.82) is 0 Å². The summed E-state index contributed by atoms with van der Waals surface area (Å²) in [5.41, 5.74) is 7.67. The molecule has 0 aromatic carbocycles. The fourth-order valence-electron chi connectivity index (χ4n) is 0.677.